The Hall–Kier alpha value is -4.17. The summed E-state index contributed by atoms with van der Waals surface area (Å²) < 4.78 is 27.4. The van der Waals surface area contributed by atoms with E-state index in [1.807, 2.05) is 12.1 Å². The summed E-state index contributed by atoms with van der Waals surface area (Å²) in [5.41, 5.74) is 8.93. The molecule has 2 aromatic carbocycles. The molecule has 160 valence electrons. The quantitative estimate of drug-likeness (QED) is 0.345. The average Bonchev–Trinajstić information content (AvgIpc) is 3.30. The molecular weight excluding hydrogens is 424 g/mol. The Bertz CT molecular complexity index is 1380. The summed E-state index contributed by atoms with van der Waals surface area (Å²) in [5.74, 6) is -0.422. The summed E-state index contributed by atoms with van der Waals surface area (Å²) in [5, 5.41) is 2.67. The van der Waals surface area contributed by atoms with E-state index in [1.165, 1.54) is 18.3 Å². The first-order chi connectivity index (χ1) is 15.4. The topological polar surface area (TPSA) is 107 Å². The van der Waals surface area contributed by atoms with Crippen molar-refractivity contribution in [2.24, 2.45) is 0 Å². The highest BCUT2D eigenvalue weighted by molar-refractivity contribution is 7.90. The Balaban J connectivity index is 1.55. The Kier molecular flexibility index (Phi) is 5.87. The van der Waals surface area contributed by atoms with Crippen LogP contribution in [0.25, 0.3) is 17.2 Å². The van der Waals surface area contributed by atoms with Gasteiger partial charge in [0.05, 0.1) is 22.0 Å². The number of hydrogen-bond donors (Lipinski definition) is 2. The van der Waals surface area contributed by atoms with Crippen LogP contribution in [0.5, 0.6) is 0 Å². The van der Waals surface area contributed by atoms with Gasteiger partial charge in [-0.1, -0.05) is 24.3 Å². The van der Waals surface area contributed by atoms with Crippen molar-refractivity contribution in [3.63, 3.8) is 0 Å². The van der Waals surface area contributed by atoms with Gasteiger partial charge in [-0.15, -0.1) is 0 Å². The molecule has 8 heteroatoms. The minimum Gasteiger partial charge on any atom is -0.397 e. The van der Waals surface area contributed by atoms with Crippen LogP contribution in [0.15, 0.2) is 102 Å². The van der Waals surface area contributed by atoms with Gasteiger partial charge in [0, 0.05) is 24.7 Å². The Labute approximate surface area is 185 Å². The van der Waals surface area contributed by atoms with E-state index in [2.05, 4.69) is 10.3 Å². The molecule has 0 saturated heterocycles. The SMILES string of the molecule is Nc1ccccc1NC(=O)C=Cc1cccn1S(=O)(=O)c1ccc(-c2ccncc2)cc1. The molecule has 4 aromatic rings. The number of hydrogen-bond acceptors (Lipinski definition) is 5. The third-order valence-corrected chi connectivity index (χ3v) is 6.51. The molecular formula is C24H20N4O3S. The maximum atomic E-state index is 13.1. The van der Waals surface area contributed by atoms with Crippen molar-refractivity contribution in [2.75, 3.05) is 11.1 Å². The van der Waals surface area contributed by atoms with Gasteiger partial charge in [0.15, 0.2) is 0 Å². The lowest BCUT2D eigenvalue weighted by molar-refractivity contribution is -0.111. The first kappa shape index (κ1) is 21.1. The molecule has 2 aromatic heterocycles. The first-order valence-electron chi connectivity index (χ1n) is 9.72. The van der Waals surface area contributed by atoms with Crippen LogP contribution in [-0.2, 0) is 14.8 Å². The molecule has 32 heavy (non-hydrogen) atoms. The van der Waals surface area contributed by atoms with E-state index >= 15 is 0 Å². The van der Waals surface area contributed by atoms with Crippen LogP contribution in [0, 0.1) is 0 Å². The molecule has 0 spiro atoms. The van der Waals surface area contributed by atoms with Crippen LogP contribution in [0.2, 0.25) is 0 Å². The molecule has 0 radical (unpaired) electrons. The number of aromatic nitrogens is 2. The normalized spacial score (nSPS) is 11.5. The summed E-state index contributed by atoms with van der Waals surface area (Å²) in [6.45, 7) is 0. The number of rotatable bonds is 6. The molecule has 4 rings (SSSR count). The Morgan fingerprint density at radius 1 is 0.906 bits per heavy atom. The standard InChI is InChI=1S/C24H20N4O3S/c25-22-5-1-2-6-23(22)27-24(29)12-9-20-4-3-17-28(20)32(30,31)21-10-7-18(8-11-21)19-13-15-26-16-14-19/h1-17H,25H2,(H,27,29). The molecule has 0 aliphatic carbocycles. The molecule has 0 fully saturated rings. The Morgan fingerprint density at radius 3 is 2.31 bits per heavy atom. The van der Waals surface area contributed by atoms with Crippen molar-refractivity contribution in [1.29, 1.82) is 0 Å². The predicted molar refractivity (Wildman–Crippen MR) is 125 cm³/mol. The summed E-state index contributed by atoms with van der Waals surface area (Å²) in [4.78, 5) is 16.4. The summed E-state index contributed by atoms with van der Waals surface area (Å²) >= 11 is 0. The van der Waals surface area contributed by atoms with Gasteiger partial charge in [-0.2, -0.15) is 0 Å². The molecule has 0 bridgehead atoms. The monoisotopic (exact) mass is 444 g/mol. The van der Waals surface area contributed by atoms with Crippen molar-refractivity contribution in [1.82, 2.24) is 8.96 Å². The minimum atomic E-state index is -3.84. The van der Waals surface area contributed by atoms with Crippen LogP contribution in [-0.4, -0.2) is 23.3 Å². The highest BCUT2D eigenvalue weighted by Crippen LogP contribution is 2.23. The number of anilines is 2. The number of pyridine rings is 1. The summed E-state index contributed by atoms with van der Waals surface area (Å²) in [6, 6.07) is 20.4. The van der Waals surface area contributed by atoms with Gasteiger partial charge in [0.25, 0.3) is 10.0 Å². The zero-order valence-electron chi connectivity index (χ0n) is 16.9. The van der Waals surface area contributed by atoms with E-state index in [4.69, 9.17) is 5.73 Å². The second-order valence-electron chi connectivity index (χ2n) is 6.90. The Morgan fingerprint density at radius 2 is 1.59 bits per heavy atom. The van der Waals surface area contributed by atoms with Crippen molar-refractivity contribution in [3.8, 4) is 11.1 Å². The zero-order valence-corrected chi connectivity index (χ0v) is 17.7. The molecule has 3 N–H and O–H groups in total. The molecule has 0 saturated carbocycles. The second kappa shape index (κ2) is 8.91. The van der Waals surface area contributed by atoms with Crippen LogP contribution < -0.4 is 11.1 Å². The zero-order chi connectivity index (χ0) is 22.6. The van der Waals surface area contributed by atoms with E-state index in [0.29, 0.717) is 17.1 Å². The highest BCUT2D eigenvalue weighted by Gasteiger charge is 2.18. The second-order valence-corrected chi connectivity index (χ2v) is 8.72. The number of nitrogens with zero attached hydrogens (tertiary/aromatic N) is 2. The molecule has 0 atom stereocenters. The van der Waals surface area contributed by atoms with E-state index < -0.39 is 15.9 Å². The number of nitrogens with two attached hydrogens (primary N) is 1. The van der Waals surface area contributed by atoms with Gasteiger partial charge in [-0.3, -0.25) is 9.78 Å². The third kappa shape index (κ3) is 4.45. The largest absolute Gasteiger partial charge is 0.397 e. The number of carbonyl (C=O) groups is 1. The van der Waals surface area contributed by atoms with Gasteiger partial charge < -0.3 is 11.1 Å². The number of amides is 1. The fourth-order valence-electron chi connectivity index (χ4n) is 3.15. The van der Waals surface area contributed by atoms with E-state index in [0.717, 1.165) is 15.1 Å². The van der Waals surface area contributed by atoms with Crippen LogP contribution in [0.1, 0.15) is 5.69 Å². The van der Waals surface area contributed by atoms with E-state index in [1.54, 1.807) is 73.1 Å². The van der Waals surface area contributed by atoms with Crippen LogP contribution in [0.4, 0.5) is 11.4 Å². The molecule has 7 nitrogen and oxygen atoms in total. The van der Waals surface area contributed by atoms with Crippen LogP contribution in [0.3, 0.4) is 0 Å². The number of carbonyl (C=O) groups excluding carboxylic acids is 1. The fourth-order valence-corrected chi connectivity index (χ4v) is 4.49. The van der Waals surface area contributed by atoms with Gasteiger partial charge in [-0.25, -0.2) is 12.4 Å². The highest BCUT2D eigenvalue weighted by atomic mass is 32.2. The van der Waals surface area contributed by atoms with E-state index in [-0.39, 0.29) is 4.90 Å². The van der Waals surface area contributed by atoms with Crippen molar-refractivity contribution in [3.05, 3.63) is 103 Å². The number of nitrogen functional groups attached to an aromatic ring is 1. The molecule has 0 aliphatic rings. The minimum absolute atomic E-state index is 0.141. The molecule has 1 amide bonds. The van der Waals surface area contributed by atoms with Crippen molar-refractivity contribution in [2.45, 2.75) is 4.90 Å². The number of para-hydroxylation sites is 2. The first-order valence-corrected chi connectivity index (χ1v) is 11.2. The van der Waals surface area contributed by atoms with Crippen molar-refractivity contribution < 1.29 is 13.2 Å². The lowest BCUT2D eigenvalue weighted by Crippen LogP contribution is -2.14. The smallest absolute Gasteiger partial charge is 0.268 e. The fraction of sp³-hybridized carbons (Fsp3) is 0. The average molecular weight is 445 g/mol. The molecule has 2 heterocycles. The van der Waals surface area contributed by atoms with E-state index in [9.17, 15) is 13.2 Å². The lowest BCUT2D eigenvalue weighted by Gasteiger charge is -2.10. The maximum Gasteiger partial charge on any atom is 0.268 e. The maximum absolute atomic E-state index is 13.1. The molecule has 0 aliphatic heterocycles. The third-order valence-electron chi connectivity index (χ3n) is 4.79. The van der Waals surface area contributed by atoms with Gasteiger partial charge in [0.2, 0.25) is 5.91 Å². The van der Waals surface area contributed by atoms with Crippen LogP contribution >= 0.6 is 0 Å². The van der Waals surface area contributed by atoms with Crippen molar-refractivity contribution >= 4 is 33.4 Å². The predicted octanol–water partition coefficient (Wildman–Crippen LogP) is 4.02. The van der Waals surface area contributed by atoms with Gasteiger partial charge in [-0.05, 0) is 65.7 Å². The summed E-state index contributed by atoms with van der Waals surface area (Å²) in [6.07, 6.45) is 7.51. The van der Waals surface area contributed by atoms with Gasteiger partial charge >= 0.3 is 0 Å². The number of benzene rings is 2. The summed E-state index contributed by atoms with van der Waals surface area (Å²) in [7, 11) is -3.84. The lowest BCUT2D eigenvalue weighted by atomic mass is 10.1. The molecule has 0 unspecified atom stereocenters. The van der Waals surface area contributed by atoms with Gasteiger partial charge in [0.1, 0.15) is 0 Å². The number of nitrogens with one attached hydrogen (secondary N) is 1.